The Morgan fingerprint density at radius 2 is 1.60 bits per heavy atom. The van der Waals surface area contributed by atoms with Crippen molar-refractivity contribution in [2.75, 3.05) is 5.32 Å². The Morgan fingerprint density at radius 1 is 1.04 bits per heavy atom. The summed E-state index contributed by atoms with van der Waals surface area (Å²) >= 11 is 1.10. The molecule has 0 radical (unpaired) electrons. The number of carbonyl (C=O) groups is 1. The molecule has 0 aromatic heterocycles. The molecule has 1 amide bonds. The summed E-state index contributed by atoms with van der Waals surface area (Å²) in [6.07, 6.45) is -5.20. The van der Waals surface area contributed by atoms with Gasteiger partial charge < -0.3 is 10.4 Å². The molecule has 0 aliphatic rings. The first kappa shape index (κ1) is 19.2. The van der Waals surface area contributed by atoms with E-state index in [0.717, 1.165) is 23.9 Å². The minimum absolute atomic E-state index is 0.277. The van der Waals surface area contributed by atoms with Crippen LogP contribution >= 0.6 is 11.8 Å². The Hall–Kier alpha value is -2.13. The zero-order chi connectivity index (χ0) is 18.8. The second kappa shape index (κ2) is 7.01. The van der Waals surface area contributed by atoms with E-state index in [1.165, 1.54) is 30.3 Å². The van der Waals surface area contributed by atoms with Crippen LogP contribution in [0, 0.1) is 11.6 Å². The number of alkyl halides is 3. The molecule has 2 rings (SSSR count). The van der Waals surface area contributed by atoms with Crippen molar-refractivity contribution in [2.45, 2.75) is 28.5 Å². The lowest BCUT2D eigenvalue weighted by atomic mass is 10.1. The summed E-state index contributed by atoms with van der Waals surface area (Å²) < 4.78 is 64.6. The van der Waals surface area contributed by atoms with Crippen molar-refractivity contribution < 1.29 is 31.9 Å². The molecule has 3 nitrogen and oxygen atoms in total. The fraction of sp³-hybridized carbons (Fsp3) is 0.188. The van der Waals surface area contributed by atoms with Crippen LogP contribution in [0.25, 0.3) is 0 Å². The number of amides is 1. The van der Waals surface area contributed by atoms with E-state index in [9.17, 15) is 31.9 Å². The summed E-state index contributed by atoms with van der Waals surface area (Å²) in [5.74, 6) is -3.19. The first-order valence-corrected chi connectivity index (χ1v) is 7.66. The molecule has 0 aliphatic heterocycles. The van der Waals surface area contributed by atoms with Crippen molar-refractivity contribution in [3.8, 4) is 0 Å². The summed E-state index contributed by atoms with van der Waals surface area (Å²) in [5, 5.41) is 11.0. The molecular weight excluding hydrogens is 365 g/mol. The number of halogens is 5. The Kier molecular flexibility index (Phi) is 5.38. The van der Waals surface area contributed by atoms with Gasteiger partial charge in [0.1, 0.15) is 11.6 Å². The van der Waals surface area contributed by atoms with Crippen LogP contribution in [0.1, 0.15) is 6.92 Å². The fourth-order valence-electron chi connectivity index (χ4n) is 1.67. The van der Waals surface area contributed by atoms with Gasteiger partial charge in [0.25, 0.3) is 5.91 Å². The van der Waals surface area contributed by atoms with Crippen LogP contribution in [-0.2, 0) is 4.79 Å². The highest BCUT2D eigenvalue weighted by molar-refractivity contribution is 7.99. The number of anilines is 1. The summed E-state index contributed by atoms with van der Waals surface area (Å²) in [5.41, 5.74) is -4.15. The predicted octanol–water partition coefficient (Wildman–Crippen LogP) is 4.37. The van der Waals surface area contributed by atoms with Crippen molar-refractivity contribution in [1.29, 1.82) is 0 Å². The third kappa shape index (κ3) is 4.49. The van der Waals surface area contributed by atoms with Crippen LogP contribution in [0.15, 0.2) is 52.3 Å². The van der Waals surface area contributed by atoms with E-state index in [0.29, 0.717) is 9.79 Å². The standard InChI is InChI=1S/C16H12F5NO2S/c1-15(24,16(19,20)21)14(23)22-13-7-6-11(8-12(13)18)25-10-4-2-9(17)3-5-10/h2-8,24H,1H3,(H,22,23). The number of aliphatic hydroxyl groups is 1. The minimum Gasteiger partial charge on any atom is -0.373 e. The molecule has 0 spiro atoms. The third-order valence-electron chi connectivity index (χ3n) is 3.23. The second-order valence-corrected chi connectivity index (χ2v) is 6.37. The summed E-state index contributed by atoms with van der Waals surface area (Å²) in [4.78, 5) is 12.6. The highest BCUT2D eigenvalue weighted by Crippen LogP contribution is 2.33. The van der Waals surface area contributed by atoms with Crippen LogP contribution in [0.3, 0.4) is 0 Å². The van der Waals surface area contributed by atoms with E-state index in [2.05, 4.69) is 0 Å². The number of carbonyl (C=O) groups excluding carboxylic acids is 1. The van der Waals surface area contributed by atoms with Crippen LogP contribution in [-0.4, -0.2) is 22.8 Å². The molecule has 0 aliphatic carbocycles. The maximum absolute atomic E-state index is 14.0. The third-order valence-corrected chi connectivity index (χ3v) is 4.23. The van der Waals surface area contributed by atoms with Crippen LogP contribution in [0.2, 0.25) is 0 Å². The molecule has 134 valence electrons. The van der Waals surface area contributed by atoms with Gasteiger partial charge >= 0.3 is 6.18 Å². The average molecular weight is 377 g/mol. The molecule has 0 bridgehead atoms. The zero-order valence-electron chi connectivity index (χ0n) is 12.7. The van der Waals surface area contributed by atoms with Gasteiger partial charge in [-0.15, -0.1) is 0 Å². The van der Waals surface area contributed by atoms with E-state index in [4.69, 9.17) is 0 Å². The summed E-state index contributed by atoms with van der Waals surface area (Å²) in [6.45, 7) is 0.277. The average Bonchev–Trinajstić information content (AvgIpc) is 2.51. The smallest absolute Gasteiger partial charge is 0.373 e. The lowest BCUT2D eigenvalue weighted by molar-refractivity contribution is -0.242. The maximum Gasteiger partial charge on any atom is 0.426 e. The van der Waals surface area contributed by atoms with Crippen LogP contribution < -0.4 is 5.32 Å². The molecule has 1 atom stereocenters. The largest absolute Gasteiger partial charge is 0.426 e. The zero-order valence-corrected chi connectivity index (χ0v) is 13.5. The minimum atomic E-state index is -5.20. The first-order valence-electron chi connectivity index (χ1n) is 6.84. The van der Waals surface area contributed by atoms with Gasteiger partial charge in [-0.2, -0.15) is 13.2 Å². The molecule has 2 aromatic rings. The van der Waals surface area contributed by atoms with Crippen molar-refractivity contribution in [3.05, 3.63) is 54.1 Å². The molecule has 0 saturated carbocycles. The number of nitrogens with one attached hydrogen (secondary N) is 1. The van der Waals surface area contributed by atoms with Gasteiger partial charge in [-0.05, 0) is 49.4 Å². The van der Waals surface area contributed by atoms with E-state index in [1.54, 1.807) is 5.32 Å². The van der Waals surface area contributed by atoms with Crippen LogP contribution in [0.4, 0.5) is 27.6 Å². The summed E-state index contributed by atoms with van der Waals surface area (Å²) in [6, 6.07) is 8.87. The Labute approximate surface area is 143 Å². The van der Waals surface area contributed by atoms with Crippen LogP contribution in [0.5, 0.6) is 0 Å². The molecule has 25 heavy (non-hydrogen) atoms. The Balaban J connectivity index is 2.14. The topological polar surface area (TPSA) is 49.3 Å². The quantitative estimate of drug-likeness (QED) is 0.778. The number of hydrogen-bond acceptors (Lipinski definition) is 3. The highest BCUT2D eigenvalue weighted by atomic mass is 32.2. The van der Waals surface area contributed by atoms with Crippen molar-refractivity contribution in [2.24, 2.45) is 0 Å². The van der Waals surface area contributed by atoms with E-state index in [-0.39, 0.29) is 6.92 Å². The lowest BCUT2D eigenvalue weighted by Crippen LogP contribution is -2.52. The molecule has 1 unspecified atom stereocenters. The number of benzene rings is 2. The SMILES string of the molecule is CC(O)(C(=O)Nc1ccc(Sc2ccc(F)cc2)cc1F)C(F)(F)F. The summed E-state index contributed by atoms with van der Waals surface area (Å²) in [7, 11) is 0. The molecule has 0 fully saturated rings. The number of hydrogen-bond donors (Lipinski definition) is 2. The van der Waals surface area contributed by atoms with Gasteiger partial charge in [0, 0.05) is 9.79 Å². The van der Waals surface area contributed by atoms with E-state index in [1.807, 2.05) is 0 Å². The second-order valence-electron chi connectivity index (χ2n) is 5.22. The van der Waals surface area contributed by atoms with Gasteiger partial charge in [0.2, 0.25) is 5.60 Å². The lowest BCUT2D eigenvalue weighted by Gasteiger charge is -2.25. The van der Waals surface area contributed by atoms with Gasteiger partial charge in [0.15, 0.2) is 0 Å². The molecule has 9 heteroatoms. The molecule has 2 aromatic carbocycles. The molecule has 0 heterocycles. The predicted molar refractivity (Wildman–Crippen MR) is 82.2 cm³/mol. The molecular formula is C16H12F5NO2S. The van der Waals surface area contributed by atoms with E-state index < -0.39 is 35.0 Å². The van der Waals surface area contributed by atoms with Gasteiger partial charge in [0.05, 0.1) is 5.69 Å². The molecule has 2 N–H and O–H groups in total. The van der Waals surface area contributed by atoms with Crippen molar-refractivity contribution in [1.82, 2.24) is 0 Å². The van der Waals surface area contributed by atoms with Gasteiger partial charge in [-0.25, -0.2) is 8.78 Å². The molecule has 0 saturated heterocycles. The Bertz CT molecular complexity index is 775. The van der Waals surface area contributed by atoms with Crippen molar-refractivity contribution in [3.63, 3.8) is 0 Å². The van der Waals surface area contributed by atoms with E-state index >= 15 is 0 Å². The number of rotatable bonds is 4. The van der Waals surface area contributed by atoms with Crippen molar-refractivity contribution >= 4 is 23.4 Å². The maximum atomic E-state index is 14.0. The van der Waals surface area contributed by atoms with Gasteiger partial charge in [-0.1, -0.05) is 11.8 Å². The monoisotopic (exact) mass is 377 g/mol. The Morgan fingerprint density at radius 3 is 2.12 bits per heavy atom. The fourth-order valence-corrected chi connectivity index (χ4v) is 2.51. The normalized spacial score (nSPS) is 14.0. The first-order chi connectivity index (χ1) is 11.5. The van der Waals surface area contributed by atoms with Gasteiger partial charge in [-0.3, -0.25) is 4.79 Å². The highest BCUT2D eigenvalue weighted by Gasteiger charge is 2.55.